The molecule has 1 atom stereocenters. The van der Waals surface area contributed by atoms with Crippen molar-refractivity contribution in [3.63, 3.8) is 0 Å². The number of rotatable bonds is 2. The van der Waals surface area contributed by atoms with Gasteiger partial charge in [-0.1, -0.05) is 26.0 Å². The highest BCUT2D eigenvalue weighted by molar-refractivity contribution is 6.12. The van der Waals surface area contributed by atoms with Crippen LogP contribution in [0.2, 0.25) is 0 Å². The summed E-state index contributed by atoms with van der Waals surface area (Å²) in [5.41, 5.74) is 1.49. The summed E-state index contributed by atoms with van der Waals surface area (Å²) < 4.78 is 4.98. The normalized spacial score (nSPS) is 17.5. The molecule has 1 aromatic carbocycles. The molecular weight excluding hydrogens is 254 g/mol. The Balaban J connectivity index is 0.000000956. The number of para-hydroxylation sites is 1. The van der Waals surface area contributed by atoms with Crippen molar-refractivity contribution in [2.24, 2.45) is 5.92 Å². The van der Waals surface area contributed by atoms with Crippen LogP contribution in [-0.2, 0) is 9.53 Å². The standard InChI is InChI=1S/C14H17NO3.C2H6/c1-3-18-14(17)11-8-9-15(2)12-7-5-4-6-10(12)13(11)16;1-2/h4-7,11H,3,8-9H2,1-2H3;1-2H3. The Labute approximate surface area is 120 Å². The van der Waals surface area contributed by atoms with Crippen LogP contribution in [0.1, 0.15) is 37.6 Å². The van der Waals surface area contributed by atoms with E-state index < -0.39 is 11.9 Å². The van der Waals surface area contributed by atoms with E-state index in [2.05, 4.69) is 0 Å². The molecule has 0 fully saturated rings. The highest BCUT2D eigenvalue weighted by Gasteiger charge is 2.33. The van der Waals surface area contributed by atoms with Crippen molar-refractivity contribution in [1.82, 2.24) is 0 Å². The van der Waals surface area contributed by atoms with Gasteiger partial charge in [0.25, 0.3) is 0 Å². The van der Waals surface area contributed by atoms with Crippen molar-refractivity contribution in [2.75, 3.05) is 25.1 Å². The Morgan fingerprint density at radius 3 is 2.65 bits per heavy atom. The number of ether oxygens (including phenoxy) is 1. The van der Waals surface area contributed by atoms with Gasteiger partial charge in [0, 0.05) is 24.8 Å². The highest BCUT2D eigenvalue weighted by atomic mass is 16.5. The van der Waals surface area contributed by atoms with E-state index in [1.54, 1.807) is 13.0 Å². The maximum atomic E-state index is 12.4. The van der Waals surface area contributed by atoms with Crippen molar-refractivity contribution in [3.05, 3.63) is 29.8 Å². The summed E-state index contributed by atoms with van der Waals surface area (Å²) >= 11 is 0. The number of esters is 1. The van der Waals surface area contributed by atoms with Gasteiger partial charge in [-0.05, 0) is 25.5 Å². The third kappa shape index (κ3) is 3.38. The van der Waals surface area contributed by atoms with E-state index in [0.29, 0.717) is 25.1 Å². The van der Waals surface area contributed by atoms with Crippen LogP contribution in [-0.4, -0.2) is 32.0 Å². The van der Waals surface area contributed by atoms with Gasteiger partial charge in [-0.15, -0.1) is 0 Å². The van der Waals surface area contributed by atoms with Gasteiger partial charge < -0.3 is 9.64 Å². The first kappa shape index (κ1) is 16.2. The van der Waals surface area contributed by atoms with Gasteiger partial charge >= 0.3 is 5.97 Å². The van der Waals surface area contributed by atoms with Crippen LogP contribution in [0.3, 0.4) is 0 Å². The number of hydrogen-bond donors (Lipinski definition) is 0. The molecular formula is C16H23NO3. The van der Waals surface area contributed by atoms with E-state index in [1.165, 1.54) is 0 Å². The van der Waals surface area contributed by atoms with Crippen molar-refractivity contribution in [2.45, 2.75) is 27.2 Å². The third-order valence-corrected chi connectivity index (χ3v) is 3.22. The van der Waals surface area contributed by atoms with Gasteiger partial charge in [0.15, 0.2) is 5.78 Å². The van der Waals surface area contributed by atoms with Crippen LogP contribution < -0.4 is 4.90 Å². The summed E-state index contributed by atoms with van der Waals surface area (Å²) in [5.74, 6) is -1.21. The molecule has 2 rings (SSSR count). The first-order valence-electron chi connectivity index (χ1n) is 7.16. The minimum absolute atomic E-state index is 0.131. The molecule has 0 aliphatic carbocycles. The zero-order valence-electron chi connectivity index (χ0n) is 12.7. The number of ketones is 1. The molecule has 4 heteroatoms. The fourth-order valence-electron chi connectivity index (χ4n) is 2.24. The van der Waals surface area contributed by atoms with Crippen molar-refractivity contribution < 1.29 is 14.3 Å². The van der Waals surface area contributed by atoms with E-state index in [9.17, 15) is 9.59 Å². The van der Waals surface area contributed by atoms with Crippen LogP contribution in [0.4, 0.5) is 5.69 Å². The number of fused-ring (bicyclic) bond motifs is 1. The average Bonchev–Trinajstić information content (AvgIpc) is 2.60. The van der Waals surface area contributed by atoms with Crippen LogP contribution in [0.15, 0.2) is 24.3 Å². The minimum atomic E-state index is -0.670. The van der Waals surface area contributed by atoms with Gasteiger partial charge in [0.2, 0.25) is 0 Å². The number of carbonyl (C=O) groups excluding carboxylic acids is 2. The summed E-state index contributed by atoms with van der Waals surface area (Å²) in [4.78, 5) is 26.2. The van der Waals surface area contributed by atoms with E-state index in [4.69, 9.17) is 4.74 Å². The highest BCUT2D eigenvalue weighted by Crippen LogP contribution is 2.28. The first-order chi connectivity index (χ1) is 9.65. The molecule has 4 nitrogen and oxygen atoms in total. The molecule has 0 bridgehead atoms. The first-order valence-corrected chi connectivity index (χ1v) is 7.16. The molecule has 0 saturated carbocycles. The molecule has 0 saturated heterocycles. The lowest BCUT2D eigenvalue weighted by molar-refractivity contribution is -0.146. The number of nitrogens with zero attached hydrogens (tertiary/aromatic N) is 1. The summed E-state index contributed by atoms with van der Waals surface area (Å²) in [6.45, 7) is 6.73. The Morgan fingerprint density at radius 2 is 2.00 bits per heavy atom. The van der Waals surface area contributed by atoms with E-state index >= 15 is 0 Å². The van der Waals surface area contributed by atoms with Gasteiger partial charge in [-0.25, -0.2) is 0 Å². The second-order valence-corrected chi connectivity index (χ2v) is 4.40. The molecule has 0 spiro atoms. The summed E-state index contributed by atoms with van der Waals surface area (Å²) in [6.07, 6.45) is 0.503. The number of anilines is 1. The van der Waals surface area contributed by atoms with E-state index in [-0.39, 0.29) is 5.78 Å². The molecule has 1 aliphatic heterocycles. The topological polar surface area (TPSA) is 46.6 Å². The lowest BCUT2D eigenvalue weighted by Gasteiger charge is -2.17. The number of hydrogen-bond acceptors (Lipinski definition) is 4. The quantitative estimate of drug-likeness (QED) is 0.616. The van der Waals surface area contributed by atoms with E-state index in [0.717, 1.165) is 5.69 Å². The lowest BCUT2D eigenvalue weighted by Crippen LogP contribution is -2.27. The number of carbonyl (C=O) groups is 2. The predicted octanol–water partition coefficient (Wildman–Crippen LogP) is 2.91. The second-order valence-electron chi connectivity index (χ2n) is 4.40. The van der Waals surface area contributed by atoms with Gasteiger partial charge in [0.05, 0.1) is 6.61 Å². The Kier molecular flexibility index (Phi) is 6.22. The fraction of sp³-hybridized carbons (Fsp3) is 0.500. The van der Waals surface area contributed by atoms with Gasteiger partial charge in [-0.3, -0.25) is 9.59 Å². The Hall–Kier alpha value is -1.84. The maximum Gasteiger partial charge on any atom is 0.316 e. The van der Waals surface area contributed by atoms with Crippen LogP contribution >= 0.6 is 0 Å². The van der Waals surface area contributed by atoms with Crippen molar-refractivity contribution in [1.29, 1.82) is 0 Å². The fourth-order valence-corrected chi connectivity index (χ4v) is 2.24. The molecule has 20 heavy (non-hydrogen) atoms. The third-order valence-electron chi connectivity index (χ3n) is 3.22. The monoisotopic (exact) mass is 277 g/mol. The molecule has 0 aromatic heterocycles. The summed E-state index contributed by atoms with van der Waals surface area (Å²) in [7, 11) is 1.93. The average molecular weight is 277 g/mol. The zero-order chi connectivity index (χ0) is 15.1. The molecule has 1 unspecified atom stereocenters. The SMILES string of the molecule is CC.CCOC(=O)C1CCN(C)c2ccccc2C1=O. The largest absolute Gasteiger partial charge is 0.465 e. The lowest BCUT2D eigenvalue weighted by atomic mass is 9.95. The molecule has 110 valence electrons. The molecule has 0 amide bonds. The number of benzene rings is 1. The zero-order valence-corrected chi connectivity index (χ0v) is 12.7. The molecule has 1 heterocycles. The second kappa shape index (κ2) is 7.68. The molecule has 0 radical (unpaired) electrons. The minimum Gasteiger partial charge on any atom is -0.465 e. The predicted molar refractivity (Wildman–Crippen MR) is 80.1 cm³/mol. The Bertz CT molecular complexity index is 471. The van der Waals surface area contributed by atoms with Crippen LogP contribution in [0.5, 0.6) is 0 Å². The molecule has 1 aromatic rings. The smallest absolute Gasteiger partial charge is 0.316 e. The Morgan fingerprint density at radius 1 is 1.35 bits per heavy atom. The van der Waals surface area contributed by atoms with Crippen LogP contribution in [0, 0.1) is 5.92 Å². The van der Waals surface area contributed by atoms with Crippen LogP contribution in [0.25, 0.3) is 0 Å². The van der Waals surface area contributed by atoms with Crippen molar-refractivity contribution in [3.8, 4) is 0 Å². The van der Waals surface area contributed by atoms with Gasteiger partial charge in [0.1, 0.15) is 5.92 Å². The van der Waals surface area contributed by atoms with E-state index in [1.807, 2.05) is 44.0 Å². The number of Topliss-reactive ketones (excluding diaryl/α,β-unsaturated/α-hetero) is 1. The van der Waals surface area contributed by atoms with Gasteiger partial charge in [-0.2, -0.15) is 0 Å². The summed E-state index contributed by atoms with van der Waals surface area (Å²) in [6, 6.07) is 7.39. The molecule has 1 aliphatic rings. The molecule has 0 N–H and O–H groups in total. The van der Waals surface area contributed by atoms with Crippen molar-refractivity contribution >= 4 is 17.4 Å². The summed E-state index contributed by atoms with van der Waals surface area (Å²) in [5, 5.41) is 0. The maximum absolute atomic E-state index is 12.4.